The van der Waals surface area contributed by atoms with Gasteiger partial charge in [-0.25, -0.2) is 21.6 Å². The molecule has 0 aliphatic carbocycles. The predicted octanol–water partition coefficient (Wildman–Crippen LogP) is 0.368. The highest BCUT2D eigenvalue weighted by Crippen LogP contribution is 2.15. The van der Waals surface area contributed by atoms with Gasteiger partial charge in [-0.1, -0.05) is 0 Å². The van der Waals surface area contributed by atoms with E-state index in [4.69, 9.17) is 0 Å². The maximum atomic E-state index is 12.2. The number of piperidine rings is 1. The zero-order chi connectivity index (χ0) is 15.5. The van der Waals surface area contributed by atoms with Gasteiger partial charge in [0, 0.05) is 12.8 Å². The summed E-state index contributed by atoms with van der Waals surface area (Å²) in [6.45, 7) is 2.19. The monoisotopic (exact) mass is 332 g/mol. The summed E-state index contributed by atoms with van der Waals surface area (Å²) >= 11 is 0. The third-order valence-electron chi connectivity index (χ3n) is 3.52. The number of hydrogen-bond acceptors (Lipinski definition) is 5. The molecule has 1 aliphatic heterocycles. The first-order valence-corrected chi connectivity index (χ1v) is 10.2. The van der Waals surface area contributed by atoms with E-state index in [-0.39, 0.29) is 9.79 Å². The van der Waals surface area contributed by atoms with Crippen LogP contribution in [0.2, 0.25) is 0 Å². The Kier molecular flexibility index (Phi) is 5.03. The lowest BCUT2D eigenvalue weighted by molar-refractivity contribution is 0.376. The summed E-state index contributed by atoms with van der Waals surface area (Å²) in [6.07, 6.45) is 3.14. The average Bonchev–Trinajstić information content (AvgIpc) is 2.46. The molecule has 6 nitrogen and oxygen atoms in total. The van der Waals surface area contributed by atoms with Crippen LogP contribution in [0.25, 0.3) is 0 Å². The third-order valence-corrected chi connectivity index (χ3v) is 6.09. The van der Waals surface area contributed by atoms with Crippen molar-refractivity contribution >= 4 is 19.9 Å². The molecule has 1 heterocycles. The van der Waals surface area contributed by atoms with E-state index >= 15 is 0 Å². The van der Waals surface area contributed by atoms with E-state index in [2.05, 4.69) is 10.0 Å². The van der Waals surface area contributed by atoms with Gasteiger partial charge in [0.1, 0.15) is 0 Å². The Hall–Kier alpha value is -0.960. The smallest absolute Gasteiger partial charge is 0.240 e. The molecule has 1 aromatic carbocycles. The second kappa shape index (κ2) is 6.43. The Balaban J connectivity index is 2.05. The van der Waals surface area contributed by atoms with Gasteiger partial charge in [0.25, 0.3) is 0 Å². The standard InChI is InChI=1S/C13H20N2O4S2/c1-20(16,17)12-4-6-13(7-5-12)21(18,19)15-10-11-3-2-8-14-9-11/h4-7,11,14-15H,2-3,8-10H2,1H3. The van der Waals surface area contributed by atoms with E-state index in [1.807, 2.05) is 0 Å². The lowest BCUT2D eigenvalue weighted by Gasteiger charge is -2.22. The van der Waals surface area contributed by atoms with Crippen LogP contribution in [0.1, 0.15) is 12.8 Å². The third kappa shape index (κ3) is 4.50. The molecule has 1 atom stereocenters. The molecule has 0 radical (unpaired) electrons. The van der Waals surface area contributed by atoms with Gasteiger partial charge < -0.3 is 5.32 Å². The first kappa shape index (κ1) is 16.4. The van der Waals surface area contributed by atoms with Gasteiger partial charge in [-0.05, 0) is 56.1 Å². The fourth-order valence-electron chi connectivity index (χ4n) is 2.28. The number of nitrogens with one attached hydrogen (secondary N) is 2. The van der Waals surface area contributed by atoms with Gasteiger partial charge in [-0.3, -0.25) is 0 Å². The van der Waals surface area contributed by atoms with Crippen LogP contribution in [0, 0.1) is 5.92 Å². The molecule has 0 spiro atoms. The van der Waals surface area contributed by atoms with Crippen LogP contribution >= 0.6 is 0 Å². The summed E-state index contributed by atoms with van der Waals surface area (Å²) in [7, 11) is -6.91. The van der Waals surface area contributed by atoms with Crippen molar-refractivity contribution in [1.82, 2.24) is 10.0 Å². The molecule has 8 heteroatoms. The number of rotatable bonds is 5. The molecular weight excluding hydrogens is 312 g/mol. The molecule has 1 aromatic rings. The van der Waals surface area contributed by atoms with Crippen molar-refractivity contribution in [2.24, 2.45) is 5.92 Å². The molecule has 0 aromatic heterocycles. The molecule has 0 amide bonds. The first-order chi connectivity index (χ1) is 9.79. The van der Waals surface area contributed by atoms with Crippen LogP contribution < -0.4 is 10.0 Å². The fourth-order valence-corrected chi connectivity index (χ4v) is 4.02. The molecule has 118 valence electrons. The summed E-state index contributed by atoms with van der Waals surface area (Å²) in [4.78, 5) is 0.191. The topological polar surface area (TPSA) is 92.3 Å². The molecular formula is C13H20N2O4S2. The highest BCUT2D eigenvalue weighted by atomic mass is 32.2. The molecule has 2 rings (SSSR count). The van der Waals surface area contributed by atoms with Gasteiger partial charge in [0.05, 0.1) is 9.79 Å². The molecule has 1 saturated heterocycles. The first-order valence-electron chi connectivity index (χ1n) is 6.79. The average molecular weight is 332 g/mol. The zero-order valence-corrected chi connectivity index (χ0v) is 13.5. The van der Waals surface area contributed by atoms with Crippen molar-refractivity contribution in [2.75, 3.05) is 25.9 Å². The summed E-state index contributed by atoms with van der Waals surface area (Å²) in [5.41, 5.74) is 0. The molecule has 1 unspecified atom stereocenters. The Labute approximate surface area is 125 Å². The van der Waals surface area contributed by atoms with Crippen LogP contribution in [0.15, 0.2) is 34.1 Å². The highest BCUT2D eigenvalue weighted by molar-refractivity contribution is 7.90. The summed E-state index contributed by atoms with van der Waals surface area (Å²) < 4.78 is 49.6. The summed E-state index contributed by atoms with van der Waals surface area (Å²) in [6, 6.07) is 5.26. The van der Waals surface area contributed by atoms with Crippen LogP contribution in [0.5, 0.6) is 0 Å². The maximum absolute atomic E-state index is 12.2. The zero-order valence-electron chi connectivity index (χ0n) is 11.9. The summed E-state index contributed by atoms with van der Waals surface area (Å²) in [5.74, 6) is 0.295. The number of benzene rings is 1. The Bertz CT molecular complexity index is 675. The van der Waals surface area contributed by atoms with Crippen LogP contribution in [-0.2, 0) is 19.9 Å². The Morgan fingerprint density at radius 3 is 2.29 bits per heavy atom. The van der Waals surface area contributed by atoms with Gasteiger partial charge in [0.2, 0.25) is 10.0 Å². The molecule has 1 fully saturated rings. The minimum Gasteiger partial charge on any atom is -0.316 e. The van der Waals surface area contributed by atoms with Crippen LogP contribution in [-0.4, -0.2) is 42.7 Å². The number of hydrogen-bond donors (Lipinski definition) is 2. The lowest BCUT2D eigenvalue weighted by atomic mass is 10.0. The molecule has 2 N–H and O–H groups in total. The minimum atomic E-state index is -3.59. The largest absolute Gasteiger partial charge is 0.316 e. The number of sulfonamides is 1. The van der Waals surface area contributed by atoms with Gasteiger partial charge in [-0.2, -0.15) is 0 Å². The van der Waals surface area contributed by atoms with Crippen molar-refractivity contribution in [3.05, 3.63) is 24.3 Å². The van der Waals surface area contributed by atoms with E-state index in [1.54, 1.807) is 0 Å². The SMILES string of the molecule is CS(=O)(=O)c1ccc(S(=O)(=O)NCC2CCCNC2)cc1. The van der Waals surface area contributed by atoms with E-state index < -0.39 is 19.9 Å². The van der Waals surface area contributed by atoms with Crippen LogP contribution in [0.3, 0.4) is 0 Å². The van der Waals surface area contributed by atoms with Gasteiger partial charge >= 0.3 is 0 Å². The van der Waals surface area contributed by atoms with E-state index in [9.17, 15) is 16.8 Å². The van der Waals surface area contributed by atoms with Crippen molar-refractivity contribution in [3.8, 4) is 0 Å². The number of sulfone groups is 1. The van der Waals surface area contributed by atoms with Crippen molar-refractivity contribution < 1.29 is 16.8 Å². The molecule has 1 aliphatic rings. The quantitative estimate of drug-likeness (QED) is 0.813. The molecule has 0 bridgehead atoms. The van der Waals surface area contributed by atoms with E-state index in [0.717, 1.165) is 32.2 Å². The fraction of sp³-hybridized carbons (Fsp3) is 0.538. The second-order valence-corrected chi connectivity index (χ2v) is 9.09. The summed E-state index contributed by atoms with van der Waals surface area (Å²) in [5, 5.41) is 3.23. The second-order valence-electron chi connectivity index (χ2n) is 5.31. The van der Waals surface area contributed by atoms with E-state index in [0.29, 0.717) is 12.5 Å². The minimum absolute atomic E-state index is 0.0821. The molecule has 0 saturated carbocycles. The van der Waals surface area contributed by atoms with E-state index in [1.165, 1.54) is 24.3 Å². The normalized spacial score (nSPS) is 20.3. The van der Waals surface area contributed by atoms with Gasteiger partial charge in [0.15, 0.2) is 9.84 Å². The van der Waals surface area contributed by atoms with Gasteiger partial charge in [-0.15, -0.1) is 0 Å². The van der Waals surface area contributed by atoms with Crippen molar-refractivity contribution in [3.63, 3.8) is 0 Å². The van der Waals surface area contributed by atoms with Crippen LogP contribution in [0.4, 0.5) is 0 Å². The van der Waals surface area contributed by atoms with Crippen molar-refractivity contribution in [2.45, 2.75) is 22.6 Å². The Morgan fingerprint density at radius 2 is 1.76 bits per heavy atom. The van der Waals surface area contributed by atoms with Crippen molar-refractivity contribution in [1.29, 1.82) is 0 Å². The Morgan fingerprint density at radius 1 is 1.14 bits per heavy atom. The maximum Gasteiger partial charge on any atom is 0.240 e. The highest BCUT2D eigenvalue weighted by Gasteiger charge is 2.19. The molecule has 21 heavy (non-hydrogen) atoms. The lowest BCUT2D eigenvalue weighted by Crippen LogP contribution is -2.38. The predicted molar refractivity (Wildman–Crippen MR) is 80.3 cm³/mol.